The van der Waals surface area contributed by atoms with Crippen molar-refractivity contribution in [1.29, 1.82) is 0 Å². The van der Waals surface area contributed by atoms with Gasteiger partial charge in [0.1, 0.15) is 0 Å². The van der Waals surface area contributed by atoms with Gasteiger partial charge in [-0.25, -0.2) is 13.2 Å². The number of anilines is 1. The smallest absolute Gasteiger partial charge is 0.196 e. The van der Waals surface area contributed by atoms with Crippen LogP contribution in [0.3, 0.4) is 0 Å². The summed E-state index contributed by atoms with van der Waals surface area (Å²) in [4.78, 5) is 2.37. The predicted molar refractivity (Wildman–Crippen MR) is 62.9 cm³/mol. The van der Waals surface area contributed by atoms with Crippen molar-refractivity contribution in [2.45, 2.75) is 31.3 Å². The predicted octanol–water partition coefficient (Wildman–Crippen LogP) is 2.75. The maximum absolute atomic E-state index is 13.5. The Bertz CT molecular complexity index is 460. The summed E-state index contributed by atoms with van der Waals surface area (Å²) in [6.45, 7) is 1.84. The third kappa shape index (κ3) is 2.19. The van der Waals surface area contributed by atoms with Gasteiger partial charge in [0.25, 0.3) is 0 Å². The Morgan fingerprint density at radius 3 is 2.56 bits per heavy atom. The molecule has 98 valence electrons. The van der Waals surface area contributed by atoms with E-state index in [0.29, 0.717) is 6.04 Å². The Hall–Kier alpha value is -1.23. The Balaban J connectivity index is 1.68. The molecule has 2 aliphatic rings. The molecular weight excluding hydrogens is 241 g/mol. The van der Waals surface area contributed by atoms with Gasteiger partial charge in [-0.2, -0.15) is 0 Å². The lowest BCUT2D eigenvalue weighted by Gasteiger charge is -2.17. The van der Waals surface area contributed by atoms with E-state index >= 15 is 0 Å². The molecule has 0 aromatic heterocycles. The molecular formula is C13H15F3N2. The van der Waals surface area contributed by atoms with E-state index in [2.05, 4.69) is 10.2 Å². The van der Waals surface area contributed by atoms with Crippen LogP contribution in [0.4, 0.5) is 18.9 Å². The van der Waals surface area contributed by atoms with Gasteiger partial charge in [-0.1, -0.05) is 0 Å². The summed E-state index contributed by atoms with van der Waals surface area (Å²) in [5, 5.41) is 2.97. The lowest BCUT2D eigenvalue weighted by Crippen LogP contribution is -2.28. The van der Waals surface area contributed by atoms with E-state index in [-0.39, 0.29) is 11.7 Å². The van der Waals surface area contributed by atoms with Crippen LogP contribution in [0.2, 0.25) is 0 Å². The lowest BCUT2D eigenvalue weighted by molar-refractivity contribution is 0.326. The Kier molecular flexibility index (Phi) is 2.93. The molecule has 0 amide bonds. The molecule has 3 rings (SSSR count). The fourth-order valence-electron chi connectivity index (χ4n) is 2.53. The fraction of sp³-hybridized carbons (Fsp3) is 0.538. The standard InChI is InChI=1S/C13H15F3N2/c14-10-3-4-11(13(16)12(10)15)17-8-5-6-18(7-8)9-1-2-9/h3-4,8-9,17H,1-2,5-7H2. The van der Waals surface area contributed by atoms with Crippen molar-refractivity contribution in [3.63, 3.8) is 0 Å². The minimum Gasteiger partial charge on any atom is -0.379 e. The van der Waals surface area contributed by atoms with Crippen molar-refractivity contribution >= 4 is 5.69 Å². The topological polar surface area (TPSA) is 15.3 Å². The van der Waals surface area contributed by atoms with Crippen molar-refractivity contribution in [1.82, 2.24) is 4.90 Å². The van der Waals surface area contributed by atoms with Crippen LogP contribution in [0.1, 0.15) is 19.3 Å². The van der Waals surface area contributed by atoms with E-state index in [1.807, 2.05) is 0 Å². The first-order valence-corrected chi connectivity index (χ1v) is 6.29. The summed E-state index contributed by atoms with van der Waals surface area (Å²) >= 11 is 0. The molecule has 18 heavy (non-hydrogen) atoms. The third-order valence-corrected chi connectivity index (χ3v) is 3.68. The molecule has 1 atom stereocenters. The molecule has 1 N–H and O–H groups in total. The van der Waals surface area contributed by atoms with Crippen molar-refractivity contribution in [2.75, 3.05) is 18.4 Å². The molecule has 1 aliphatic carbocycles. The van der Waals surface area contributed by atoms with Crippen molar-refractivity contribution < 1.29 is 13.2 Å². The van der Waals surface area contributed by atoms with Gasteiger partial charge in [-0.15, -0.1) is 0 Å². The van der Waals surface area contributed by atoms with Crippen LogP contribution in [0.25, 0.3) is 0 Å². The van der Waals surface area contributed by atoms with Crippen LogP contribution in [-0.2, 0) is 0 Å². The molecule has 1 saturated carbocycles. The number of likely N-dealkylation sites (tertiary alicyclic amines) is 1. The number of halogens is 3. The van der Waals surface area contributed by atoms with Crippen LogP contribution in [-0.4, -0.2) is 30.1 Å². The normalized spacial score (nSPS) is 24.5. The molecule has 2 nitrogen and oxygen atoms in total. The highest BCUT2D eigenvalue weighted by molar-refractivity contribution is 5.46. The first kappa shape index (κ1) is 11.8. The molecule has 0 radical (unpaired) electrons. The second-order valence-electron chi connectivity index (χ2n) is 5.08. The maximum atomic E-state index is 13.5. The summed E-state index contributed by atoms with van der Waals surface area (Å²) in [6.07, 6.45) is 3.40. The van der Waals surface area contributed by atoms with Crippen molar-refractivity contribution in [3.05, 3.63) is 29.6 Å². The Morgan fingerprint density at radius 1 is 1.06 bits per heavy atom. The zero-order valence-electron chi connectivity index (χ0n) is 9.93. The lowest BCUT2D eigenvalue weighted by atomic mass is 10.2. The number of rotatable bonds is 3. The van der Waals surface area contributed by atoms with E-state index in [4.69, 9.17) is 0 Å². The highest BCUT2D eigenvalue weighted by Gasteiger charge is 2.34. The number of hydrogen-bond acceptors (Lipinski definition) is 2. The van der Waals surface area contributed by atoms with Gasteiger partial charge < -0.3 is 5.32 Å². The van der Waals surface area contributed by atoms with Crippen LogP contribution in [0, 0.1) is 17.5 Å². The van der Waals surface area contributed by atoms with E-state index < -0.39 is 17.5 Å². The number of nitrogens with zero attached hydrogens (tertiary/aromatic N) is 1. The largest absolute Gasteiger partial charge is 0.379 e. The van der Waals surface area contributed by atoms with Gasteiger partial charge >= 0.3 is 0 Å². The summed E-state index contributed by atoms with van der Waals surface area (Å²) in [5.74, 6) is -3.68. The summed E-state index contributed by atoms with van der Waals surface area (Å²) < 4.78 is 39.4. The molecule has 1 aromatic carbocycles. The van der Waals surface area contributed by atoms with E-state index in [1.54, 1.807) is 0 Å². The van der Waals surface area contributed by atoms with Gasteiger partial charge in [0.2, 0.25) is 0 Å². The van der Waals surface area contributed by atoms with Gasteiger partial charge in [-0.3, -0.25) is 4.90 Å². The van der Waals surface area contributed by atoms with Crippen LogP contribution in [0.5, 0.6) is 0 Å². The molecule has 1 saturated heterocycles. The maximum Gasteiger partial charge on any atom is 0.196 e. The molecule has 0 bridgehead atoms. The number of nitrogens with one attached hydrogen (secondary N) is 1. The molecule has 5 heteroatoms. The Morgan fingerprint density at radius 2 is 1.83 bits per heavy atom. The second-order valence-corrected chi connectivity index (χ2v) is 5.08. The third-order valence-electron chi connectivity index (χ3n) is 3.68. The highest BCUT2D eigenvalue weighted by Crippen LogP contribution is 2.31. The summed E-state index contributed by atoms with van der Waals surface area (Å²) in [5.41, 5.74) is 0.0524. The van der Waals surface area contributed by atoms with Gasteiger partial charge in [0.15, 0.2) is 17.5 Å². The van der Waals surface area contributed by atoms with Gasteiger partial charge in [0.05, 0.1) is 5.69 Å². The molecule has 1 aliphatic heterocycles. The van der Waals surface area contributed by atoms with Gasteiger partial charge in [-0.05, 0) is 31.4 Å². The first-order chi connectivity index (χ1) is 8.65. The summed E-state index contributed by atoms with van der Waals surface area (Å²) in [6, 6.07) is 3.01. The highest BCUT2D eigenvalue weighted by atomic mass is 19.2. The zero-order valence-corrected chi connectivity index (χ0v) is 9.93. The molecule has 0 spiro atoms. The monoisotopic (exact) mass is 256 g/mol. The SMILES string of the molecule is Fc1ccc(NC2CCN(C3CC3)C2)c(F)c1F. The van der Waals surface area contributed by atoms with Crippen LogP contribution < -0.4 is 5.32 Å². The molecule has 1 heterocycles. The molecule has 1 unspecified atom stereocenters. The minimum atomic E-state index is -1.41. The number of hydrogen-bond donors (Lipinski definition) is 1. The van der Waals surface area contributed by atoms with Crippen LogP contribution >= 0.6 is 0 Å². The van der Waals surface area contributed by atoms with E-state index in [0.717, 1.165) is 25.6 Å². The minimum absolute atomic E-state index is 0.0524. The number of benzene rings is 1. The average Bonchev–Trinajstić information content (AvgIpc) is 3.11. The zero-order chi connectivity index (χ0) is 12.7. The van der Waals surface area contributed by atoms with Gasteiger partial charge in [0, 0.05) is 25.2 Å². The summed E-state index contributed by atoms with van der Waals surface area (Å²) in [7, 11) is 0. The average molecular weight is 256 g/mol. The second kappa shape index (κ2) is 4.46. The quantitative estimate of drug-likeness (QED) is 0.836. The van der Waals surface area contributed by atoms with E-state index in [1.165, 1.54) is 18.9 Å². The molecule has 1 aromatic rings. The van der Waals surface area contributed by atoms with E-state index in [9.17, 15) is 13.2 Å². The Labute approximate surface area is 104 Å². The van der Waals surface area contributed by atoms with Crippen LogP contribution in [0.15, 0.2) is 12.1 Å². The first-order valence-electron chi connectivity index (χ1n) is 6.29. The fourth-order valence-corrected chi connectivity index (χ4v) is 2.53. The van der Waals surface area contributed by atoms with Crippen molar-refractivity contribution in [2.24, 2.45) is 0 Å². The molecule has 2 fully saturated rings. The van der Waals surface area contributed by atoms with Crippen molar-refractivity contribution in [3.8, 4) is 0 Å².